The molecule has 31 heavy (non-hydrogen) atoms. The van der Waals surface area contributed by atoms with E-state index in [0.717, 1.165) is 6.54 Å². The fourth-order valence-corrected chi connectivity index (χ4v) is 4.61. The molecule has 1 saturated carbocycles. The van der Waals surface area contributed by atoms with E-state index in [4.69, 9.17) is 4.74 Å². The van der Waals surface area contributed by atoms with Gasteiger partial charge in [0, 0.05) is 24.2 Å². The van der Waals surface area contributed by atoms with Gasteiger partial charge in [-0.2, -0.15) is 0 Å². The molecule has 2 aromatic carbocycles. The summed E-state index contributed by atoms with van der Waals surface area (Å²) in [5, 5.41) is 3.03. The largest absolute Gasteiger partial charge is 0.490 e. The van der Waals surface area contributed by atoms with Crippen molar-refractivity contribution < 1.29 is 9.53 Å². The van der Waals surface area contributed by atoms with E-state index in [1.54, 1.807) is 0 Å². The number of para-hydroxylation sites is 2. The normalized spacial score (nSPS) is 14.9. The number of benzene rings is 2. The van der Waals surface area contributed by atoms with Crippen molar-refractivity contribution in [3.05, 3.63) is 59.7 Å². The maximum Gasteiger partial charge on any atom is 0.255 e. The monoisotopic (exact) mass is 422 g/mol. The molecule has 2 aromatic rings. The van der Waals surface area contributed by atoms with Crippen LogP contribution >= 0.6 is 0 Å². The highest BCUT2D eigenvalue weighted by Crippen LogP contribution is 2.32. The highest BCUT2D eigenvalue weighted by molar-refractivity contribution is 6.05. The van der Waals surface area contributed by atoms with E-state index in [1.165, 1.54) is 37.7 Å². The predicted octanol–water partition coefficient (Wildman–Crippen LogP) is 6.48. The number of carbonyl (C=O) groups excluding carboxylic acids is 1. The number of nitrogens with zero attached hydrogens (tertiary/aromatic N) is 1. The summed E-state index contributed by atoms with van der Waals surface area (Å²) in [5.41, 5.74) is 2.75. The minimum atomic E-state index is -0.0998. The van der Waals surface area contributed by atoms with Crippen LogP contribution in [-0.4, -0.2) is 36.0 Å². The van der Waals surface area contributed by atoms with Crippen LogP contribution < -0.4 is 10.1 Å². The van der Waals surface area contributed by atoms with E-state index in [2.05, 4.69) is 50.0 Å². The molecular formula is C27H38N2O2. The molecule has 1 fully saturated rings. The van der Waals surface area contributed by atoms with E-state index in [9.17, 15) is 4.79 Å². The van der Waals surface area contributed by atoms with Gasteiger partial charge >= 0.3 is 0 Å². The van der Waals surface area contributed by atoms with Gasteiger partial charge in [-0.25, -0.2) is 0 Å². The molecule has 4 heteroatoms. The smallest absolute Gasteiger partial charge is 0.255 e. The second-order valence-electron chi connectivity index (χ2n) is 9.18. The van der Waals surface area contributed by atoms with Crippen molar-refractivity contribution in [3.63, 3.8) is 0 Å². The van der Waals surface area contributed by atoms with Gasteiger partial charge in [-0.3, -0.25) is 9.69 Å². The molecule has 0 aliphatic heterocycles. The molecule has 0 bridgehead atoms. The van der Waals surface area contributed by atoms with Crippen molar-refractivity contribution in [1.82, 2.24) is 4.90 Å². The van der Waals surface area contributed by atoms with Crippen molar-refractivity contribution in [3.8, 4) is 5.75 Å². The molecule has 0 saturated heterocycles. The Labute approximate surface area is 188 Å². The highest BCUT2D eigenvalue weighted by Gasteiger charge is 2.17. The Hall–Kier alpha value is -2.33. The Morgan fingerprint density at radius 1 is 0.968 bits per heavy atom. The lowest BCUT2D eigenvalue weighted by Gasteiger charge is -2.30. The van der Waals surface area contributed by atoms with Crippen LogP contribution in [0.3, 0.4) is 0 Å². The zero-order chi connectivity index (χ0) is 22.2. The van der Waals surface area contributed by atoms with E-state index in [0.29, 0.717) is 41.6 Å². The Balaban J connectivity index is 1.60. The van der Waals surface area contributed by atoms with Gasteiger partial charge in [-0.05, 0) is 76.3 Å². The van der Waals surface area contributed by atoms with Gasteiger partial charge in [0.05, 0.1) is 5.69 Å². The third kappa shape index (κ3) is 6.57. The summed E-state index contributed by atoms with van der Waals surface area (Å²) >= 11 is 0. The van der Waals surface area contributed by atoms with Crippen molar-refractivity contribution in [2.24, 2.45) is 0 Å². The van der Waals surface area contributed by atoms with Crippen LogP contribution in [0.5, 0.6) is 5.75 Å². The summed E-state index contributed by atoms with van der Waals surface area (Å²) in [6.07, 6.45) is 6.51. The van der Waals surface area contributed by atoms with Crippen molar-refractivity contribution in [1.29, 1.82) is 0 Å². The van der Waals surface area contributed by atoms with Gasteiger partial charge in [0.1, 0.15) is 12.4 Å². The van der Waals surface area contributed by atoms with E-state index in [1.807, 2.05) is 36.4 Å². The van der Waals surface area contributed by atoms with Gasteiger partial charge in [0.2, 0.25) is 0 Å². The molecule has 0 spiro atoms. The number of amides is 1. The maximum absolute atomic E-state index is 12.8. The zero-order valence-electron chi connectivity index (χ0n) is 19.6. The molecular weight excluding hydrogens is 384 g/mol. The molecule has 0 unspecified atom stereocenters. The van der Waals surface area contributed by atoms with Crippen LogP contribution in [0.2, 0.25) is 0 Å². The molecule has 0 atom stereocenters. The third-order valence-electron chi connectivity index (χ3n) is 6.32. The topological polar surface area (TPSA) is 41.6 Å². The first-order valence-electron chi connectivity index (χ1n) is 11.8. The minimum Gasteiger partial charge on any atom is -0.490 e. The first kappa shape index (κ1) is 23.3. The van der Waals surface area contributed by atoms with E-state index < -0.39 is 0 Å². The standard InChI is InChI=1S/C27H38N2O2/c1-20(2)29(21(3)4)18-19-31-26-13-9-8-12-25(26)28-27(30)24-16-14-23(15-17-24)22-10-6-5-7-11-22/h8-9,12-17,20-22H,5-7,10-11,18-19H2,1-4H3,(H,28,30). The SMILES string of the molecule is CC(C)N(CCOc1ccccc1NC(=O)c1ccc(C2CCCCC2)cc1)C(C)C. The van der Waals surface area contributed by atoms with Crippen LogP contribution in [0.25, 0.3) is 0 Å². The van der Waals surface area contributed by atoms with E-state index in [-0.39, 0.29) is 5.91 Å². The molecule has 168 valence electrons. The van der Waals surface area contributed by atoms with Crippen molar-refractivity contribution in [2.45, 2.75) is 77.8 Å². The average molecular weight is 423 g/mol. The van der Waals surface area contributed by atoms with Gasteiger partial charge in [0.15, 0.2) is 0 Å². The van der Waals surface area contributed by atoms with Crippen LogP contribution in [0.4, 0.5) is 5.69 Å². The Kier molecular flexibility index (Phi) is 8.53. The number of anilines is 1. The summed E-state index contributed by atoms with van der Waals surface area (Å²) in [6.45, 7) is 10.2. The second-order valence-corrected chi connectivity index (χ2v) is 9.18. The van der Waals surface area contributed by atoms with Gasteiger partial charge in [-0.1, -0.05) is 43.5 Å². The third-order valence-corrected chi connectivity index (χ3v) is 6.32. The highest BCUT2D eigenvalue weighted by atomic mass is 16.5. The van der Waals surface area contributed by atoms with Crippen LogP contribution in [0.1, 0.15) is 81.6 Å². The van der Waals surface area contributed by atoms with Crippen molar-refractivity contribution >= 4 is 11.6 Å². The lowest BCUT2D eigenvalue weighted by atomic mass is 9.84. The number of rotatable bonds is 9. The summed E-state index contributed by atoms with van der Waals surface area (Å²) in [4.78, 5) is 15.2. The molecule has 0 radical (unpaired) electrons. The molecule has 1 aliphatic rings. The summed E-state index contributed by atoms with van der Waals surface area (Å²) in [5.74, 6) is 1.26. The van der Waals surface area contributed by atoms with Crippen LogP contribution in [-0.2, 0) is 0 Å². The molecule has 0 aromatic heterocycles. The predicted molar refractivity (Wildman–Crippen MR) is 129 cm³/mol. The molecule has 3 rings (SSSR count). The summed E-state index contributed by atoms with van der Waals surface area (Å²) in [6, 6.07) is 16.8. The van der Waals surface area contributed by atoms with Gasteiger partial charge in [-0.15, -0.1) is 0 Å². The number of hydrogen-bond acceptors (Lipinski definition) is 3. The lowest BCUT2D eigenvalue weighted by Crippen LogP contribution is -2.39. The first-order valence-corrected chi connectivity index (χ1v) is 11.8. The number of nitrogens with one attached hydrogen (secondary N) is 1. The molecule has 1 aliphatic carbocycles. The van der Waals surface area contributed by atoms with Crippen LogP contribution in [0.15, 0.2) is 48.5 Å². The Morgan fingerprint density at radius 2 is 1.61 bits per heavy atom. The lowest BCUT2D eigenvalue weighted by molar-refractivity contribution is 0.102. The summed E-state index contributed by atoms with van der Waals surface area (Å²) < 4.78 is 6.05. The fraction of sp³-hybridized carbons (Fsp3) is 0.519. The van der Waals surface area contributed by atoms with Crippen molar-refractivity contribution in [2.75, 3.05) is 18.5 Å². The molecule has 4 nitrogen and oxygen atoms in total. The molecule has 1 amide bonds. The second kappa shape index (κ2) is 11.3. The number of carbonyl (C=O) groups is 1. The number of ether oxygens (including phenoxy) is 1. The fourth-order valence-electron chi connectivity index (χ4n) is 4.61. The Bertz CT molecular complexity index is 815. The average Bonchev–Trinajstić information content (AvgIpc) is 2.78. The summed E-state index contributed by atoms with van der Waals surface area (Å²) in [7, 11) is 0. The van der Waals surface area contributed by atoms with E-state index >= 15 is 0 Å². The molecule has 0 heterocycles. The first-order chi connectivity index (χ1) is 15.0. The quantitative estimate of drug-likeness (QED) is 0.502. The maximum atomic E-state index is 12.8. The van der Waals surface area contributed by atoms with Gasteiger partial charge in [0.25, 0.3) is 5.91 Å². The molecule has 1 N–H and O–H groups in total. The van der Waals surface area contributed by atoms with Gasteiger partial charge < -0.3 is 10.1 Å². The zero-order valence-corrected chi connectivity index (χ0v) is 19.6. The Morgan fingerprint density at radius 3 is 2.26 bits per heavy atom. The minimum absolute atomic E-state index is 0.0998. The van der Waals surface area contributed by atoms with Crippen LogP contribution in [0, 0.1) is 0 Å². The number of hydrogen-bond donors (Lipinski definition) is 1.